The second-order valence-electron chi connectivity index (χ2n) is 4.35. The maximum atomic E-state index is 9.89. The van der Waals surface area contributed by atoms with Crippen LogP contribution in [-0.2, 0) is 0 Å². The summed E-state index contributed by atoms with van der Waals surface area (Å²) in [4.78, 5) is 0. The minimum absolute atomic E-state index is 0.190. The molecule has 0 radical (unpaired) electrons. The van der Waals surface area contributed by atoms with Gasteiger partial charge in [-0.05, 0) is 32.4 Å². The van der Waals surface area contributed by atoms with E-state index in [1.807, 2.05) is 13.8 Å². The van der Waals surface area contributed by atoms with E-state index in [2.05, 4.69) is 6.07 Å². The lowest BCUT2D eigenvalue weighted by molar-refractivity contribution is 0.00762. The Balaban J connectivity index is 2.85. The fourth-order valence-corrected chi connectivity index (χ4v) is 1.30. The molecule has 0 fully saturated rings. The molecule has 0 spiro atoms. The van der Waals surface area contributed by atoms with Crippen molar-refractivity contribution in [3.8, 4) is 17.6 Å². The zero-order chi connectivity index (χ0) is 13.6. The number of hydrogen-bond donors (Lipinski definition) is 1. The molecule has 0 saturated heterocycles. The van der Waals surface area contributed by atoms with E-state index in [9.17, 15) is 5.11 Å². The molecule has 0 aromatic heterocycles. The van der Waals surface area contributed by atoms with E-state index in [1.54, 1.807) is 25.1 Å². The lowest BCUT2D eigenvalue weighted by Crippen LogP contribution is -2.31. The molecule has 0 saturated carbocycles. The first-order valence-electron chi connectivity index (χ1n) is 6.04. The van der Waals surface area contributed by atoms with Gasteiger partial charge in [-0.2, -0.15) is 5.26 Å². The fourth-order valence-electron chi connectivity index (χ4n) is 1.30. The van der Waals surface area contributed by atoms with Gasteiger partial charge in [-0.1, -0.05) is 6.92 Å². The Kier molecular flexibility index (Phi) is 4.99. The van der Waals surface area contributed by atoms with Crippen molar-refractivity contribution in [2.45, 2.75) is 32.8 Å². The third-order valence-corrected chi connectivity index (χ3v) is 2.67. The molecule has 1 rings (SSSR count). The number of rotatable bonds is 6. The van der Waals surface area contributed by atoms with Gasteiger partial charge in [0.1, 0.15) is 6.61 Å². The van der Waals surface area contributed by atoms with Crippen LogP contribution in [0, 0.1) is 11.3 Å². The van der Waals surface area contributed by atoms with Crippen molar-refractivity contribution in [2.75, 3.05) is 13.2 Å². The summed E-state index contributed by atoms with van der Waals surface area (Å²) < 4.78 is 11.0. The van der Waals surface area contributed by atoms with E-state index in [4.69, 9.17) is 14.7 Å². The average Bonchev–Trinajstić information content (AvgIpc) is 2.37. The van der Waals surface area contributed by atoms with Crippen LogP contribution in [0.15, 0.2) is 18.2 Å². The van der Waals surface area contributed by atoms with Crippen LogP contribution in [0.2, 0.25) is 0 Å². The first-order valence-corrected chi connectivity index (χ1v) is 6.04. The Hall–Kier alpha value is -1.73. The summed E-state index contributed by atoms with van der Waals surface area (Å²) in [5.74, 6) is 1.08. The van der Waals surface area contributed by atoms with Crippen LogP contribution in [0.3, 0.4) is 0 Å². The van der Waals surface area contributed by atoms with Crippen molar-refractivity contribution in [3.63, 3.8) is 0 Å². The minimum Gasteiger partial charge on any atom is -0.490 e. The van der Waals surface area contributed by atoms with Crippen molar-refractivity contribution in [2.24, 2.45) is 0 Å². The van der Waals surface area contributed by atoms with Crippen LogP contribution in [0.4, 0.5) is 0 Å². The highest BCUT2D eigenvalue weighted by atomic mass is 16.5. The largest absolute Gasteiger partial charge is 0.490 e. The summed E-state index contributed by atoms with van der Waals surface area (Å²) in [5, 5.41) is 18.7. The standard InChI is InChI=1S/C14H19NO3/c1-4-14(3,16)10-18-12-7-6-11(9-15)8-13(12)17-5-2/h6-8,16H,4-5,10H2,1-3H3. The number of aliphatic hydroxyl groups is 1. The van der Waals surface area contributed by atoms with Crippen molar-refractivity contribution in [3.05, 3.63) is 23.8 Å². The molecule has 0 heterocycles. The molecule has 1 N–H and O–H groups in total. The normalized spacial score (nSPS) is 13.5. The number of hydrogen-bond acceptors (Lipinski definition) is 4. The van der Waals surface area contributed by atoms with Gasteiger partial charge in [0.2, 0.25) is 0 Å². The van der Waals surface area contributed by atoms with E-state index in [1.165, 1.54) is 0 Å². The number of ether oxygens (including phenoxy) is 2. The predicted molar refractivity (Wildman–Crippen MR) is 68.7 cm³/mol. The molecule has 0 aliphatic carbocycles. The zero-order valence-corrected chi connectivity index (χ0v) is 11.1. The topological polar surface area (TPSA) is 62.5 Å². The number of benzene rings is 1. The lowest BCUT2D eigenvalue weighted by atomic mass is 10.1. The molecular formula is C14H19NO3. The van der Waals surface area contributed by atoms with E-state index in [0.29, 0.717) is 30.1 Å². The second kappa shape index (κ2) is 6.27. The Morgan fingerprint density at radius 1 is 1.28 bits per heavy atom. The minimum atomic E-state index is -0.864. The summed E-state index contributed by atoms with van der Waals surface area (Å²) in [6, 6.07) is 7.04. The molecule has 0 amide bonds. The van der Waals surface area contributed by atoms with Gasteiger partial charge in [-0.15, -0.1) is 0 Å². The summed E-state index contributed by atoms with van der Waals surface area (Å²) in [7, 11) is 0. The van der Waals surface area contributed by atoms with Gasteiger partial charge in [0.05, 0.1) is 23.8 Å². The summed E-state index contributed by atoms with van der Waals surface area (Å²) in [6.45, 7) is 6.17. The number of nitrogens with zero attached hydrogens (tertiary/aromatic N) is 1. The maximum absolute atomic E-state index is 9.89. The molecule has 0 aliphatic rings. The molecule has 4 heteroatoms. The molecule has 1 unspecified atom stereocenters. The lowest BCUT2D eigenvalue weighted by Gasteiger charge is -2.22. The smallest absolute Gasteiger partial charge is 0.162 e. The third kappa shape index (κ3) is 3.94. The third-order valence-electron chi connectivity index (χ3n) is 2.67. The SMILES string of the molecule is CCOc1cc(C#N)ccc1OCC(C)(O)CC. The zero-order valence-electron chi connectivity index (χ0n) is 11.1. The highest BCUT2D eigenvalue weighted by molar-refractivity contribution is 5.46. The van der Waals surface area contributed by atoms with E-state index in [0.717, 1.165) is 0 Å². The molecule has 0 aliphatic heterocycles. The van der Waals surface area contributed by atoms with Gasteiger partial charge in [0.25, 0.3) is 0 Å². The molecular weight excluding hydrogens is 230 g/mol. The van der Waals surface area contributed by atoms with Crippen molar-refractivity contribution < 1.29 is 14.6 Å². The van der Waals surface area contributed by atoms with Crippen molar-refractivity contribution >= 4 is 0 Å². The molecule has 1 atom stereocenters. The van der Waals surface area contributed by atoms with Crippen LogP contribution < -0.4 is 9.47 Å². The highest BCUT2D eigenvalue weighted by Gasteiger charge is 2.19. The Bertz CT molecular complexity index is 435. The van der Waals surface area contributed by atoms with Gasteiger partial charge >= 0.3 is 0 Å². The van der Waals surface area contributed by atoms with E-state index >= 15 is 0 Å². The van der Waals surface area contributed by atoms with Crippen molar-refractivity contribution in [1.29, 1.82) is 5.26 Å². The van der Waals surface area contributed by atoms with E-state index < -0.39 is 5.60 Å². The molecule has 1 aromatic rings. The Morgan fingerprint density at radius 3 is 2.56 bits per heavy atom. The van der Waals surface area contributed by atoms with Gasteiger partial charge in [0, 0.05) is 6.07 Å². The molecule has 98 valence electrons. The van der Waals surface area contributed by atoms with Gasteiger partial charge < -0.3 is 14.6 Å². The Morgan fingerprint density at radius 2 is 2.00 bits per heavy atom. The van der Waals surface area contributed by atoms with Crippen LogP contribution >= 0.6 is 0 Å². The molecule has 4 nitrogen and oxygen atoms in total. The average molecular weight is 249 g/mol. The Labute approximate surface area is 108 Å². The van der Waals surface area contributed by atoms with Gasteiger partial charge in [-0.25, -0.2) is 0 Å². The quantitative estimate of drug-likeness (QED) is 0.841. The van der Waals surface area contributed by atoms with E-state index in [-0.39, 0.29) is 6.61 Å². The van der Waals surface area contributed by atoms with Crippen molar-refractivity contribution in [1.82, 2.24) is 0 Å². The molecule has 0 bridgehead atoms. The van der Waals surface area contributed by atoms with Crippen LogP contribution in [0.1, 0.15) is 32.8 Å². The van der Waals surface area contributed by atoms with Crippen LogP contribution in [0.25, 0.3) is 0 Å². The summed E-state index contributed by atoms with van der Waals surface area (Å²) >= 11 is 0. The summed E-state index contributed by atoms with van der Waals surface area (Å²) in [5.41, 5.74) is -0.342. The molecule has 18 heavy (non-hydrogen) atoms. The van der Waals surface area contributed by atoms with Crippen LogP contribution in [-0.4, -0.2) is 23.9 Å². The first-order chi connectivity index (χ1) is 8.52. The highest BCUT2D eigenvalue weighted by Crippen LogP contribution is 2.29. The fraction of sp³-hybridized carbons (Fsp3) is 0.500. The molecule has 1 aromatic carbocycles. The summed E-state index contributed by atoms with van der Waals surface area (Å²) in [6.07, 6.45) is 0.604. The number of nitriles is 1. The van der Waals surface area contributed by atoms with Gasteiger partial charge in [0.15, 0.2) is 11.5 Å². The first kappa shape index (κ1) is 14.3. The maximum Gasteiger partial charge on any atom is 0.162 e. The van der Waals surface area contributed by atoms with Crippen LogP contribution in [0.5, 0.6) is 11.5 Å². The second-order valence-corrected chi connectivity index (χ2v) is 4.35. The monoisotopic (exact) mass is 249 g/mol. The van der Waals surface area contributed by atoms with Gasteiger partial charge in [-0.3, -0.25) is 0 Å². The predicted octanol–water partition coefficient (Wildman–Crippen LogP) is 2.50.